The molecule has 104 valence electrons. The maximum absolute atomic E-state index is 5.90. The molecule has 0 aliphatic heterocycles. The van der Waals surface area contributed by atoms with Crippen LogP contribution in [0.25, 0.3) is 10.9 Å². The van der Waals surface area contributed by atoms with Crippen LogP contribution in [-0.4, -0.2) is 29.4 Å². The Labute approximate surface area is 119 Å². The Morgan fingerprint density at radius 3 is 2.84 bits per heavy atom. The van der Waals surface area contributed by atoms with Crippen LogP contribution in [0.15, 0.2) is 18.5 Å². The molecule has 2 heterocycles. The number of nitrogens with zero attached hydrogens (tertiary/aromatic N) is 3. The highest BCUT2D eigenvalue weighted by atomic mass is 35.5. The van der Waals surface area contributed by atoms with Gasteiger partial charge in [0.2, 0.25) is 0 Å². The minimum atomic E-state index is -1.04. The average molecular weight is 298 g/mol. The second-order valence-corrected chi connectivity index (χ2v) is 11.7. The highest BCUT2D eigenvalue weighted by molar-refractivity contribution is 6.76. The molecule has 19 heavy (non-hydrogen) atoms. The Balaban J connectivity index is 2.05. The molecule has 0 aliphatic rings. The van der Waals surface area contributed by atoms with E-state index in [4.69, 9.17) is 16.3 Å². The molecule has 0 saturated heterocycles. The van der Waals surface area contributed by atoms with E-state index in [-0.39, 0.29) is 0 Å². The van der Waals surface area contributed by atoms with Crippen LogP contribution in [0.4, 0.5) is 0 Å². The van der Waals surface area contributed by atoms with Gasteiger partial charge in [0.15, 0.2) is 0 Å². The van der Waals surface area contributed by atoms with Crippen LogP contribution in [0.5, 0.6) is 0 Å². The molecule has 0 saturated carbocycles. The van der Waals surface area contributed by atoms with Crippen molar-refractivity contribution in [3.8, 4) is 0 Å². The van der Waals surface area contributed by atoms with E-state index in [1.807, 2.05) is 10.7 Å². The molecule has 0 spiro atoms. The third-order valence-electron chi connectivity index (χ3n) is 2.97. The van der Waals surface area contributed by atoms with E-state index in [1.54, 1.807) is 12.4 Å². The van der Waals surface area contributed by atoms with Crippen molar-refractivity contribution in [2.75, 3.05) is 6.61 Å². The Hall–Kier alpha value is -0.913. The standard InChI is InChI=1S/C13H20ClN3OSi/c1-19(2,3)7-6-18-10-17-13-4-5-15-9-11(13)12(8-14)16-17/h4-5,9H,6-8,10H2,1-3H3. The van der Waals surface area contributed by atoms with Gasteiger partial charge in [0.25, 0.3) is 0 Å². The number of fused-ring (bicyclic) bond motifs is 1. The van der Waals surface area contributed by atoms with Crippen LogP contribution in [-0.2, 0) is 17.3 Å². The zero-order chi connectivity index (χ0) is 13.9. The van der Waals surface area contributed by atoms with Gasteiger partial charge in [-0.25, -0.2) is 4.68 Å². The van der Waals surface area contributed by atoms with Gasteiger partial charge in [-0.15, -0.1) is 11.6 Å². The topological polar surface area (TPSA) is 39.9 Å². The second-order valence-electron chi connectivity index (χ2n) is 5.82. The molecule has 0 unspecified atom stereocenters. The number of hydrogen-bond acceptors (Lipinski definition) is 3. The summed E-state index contributed by atoms with van der Waals surface area (Å²) < 4.78 is 7.59. The van der Waals surface area contributed by atoms with Crippen molar-refractivity contribution in [1.82, 2.24) is 14.8 Å². The fraction of sp³-hybridized carbons (Fsp3) is 0.538. The third kappa shape index (κ3) is 3.78. The molecule has 0 atom stereocenters. The molecule has 0 bridgehead atoms. The summed E-state index contributed by atoms with van der Waals surface area (Å²) in [6.07, 6.45) is 3.57. The summed E-state index contributed by atoms with van der Waals surface area (Å²) in [7, 11) is -1.04. The van der Waals surface area contributed by atoms with Gasteiger partial charge in [-0.2, -0.15) is 5.10 Å². The van der Waals surface area contributed by atoms with Gasteiger partial charge >= 0.3 is 0 Å². The van der Waals surface area contributed by atoms with Crippen LogP contribution < -0.4 is 0 Å². The van der Waals surface area contributed by atoms with Gasteiger partial charge in [0, 0.05) is 32.5 Å². The molecular weight excluding hydrogens is 278 g/mol. The lowest BCUT2D eigenvalue weighted by atomic mass is 10.3. The number of halogens is 1. The lowest BCUT2D eigenvalue weighted by Gasteiger charge is -2.15. The van der Waals surface area contributed by atoms with Crippen molar-refractivity contribution in [2.45, 2.75) is 38.3 Å². The predicted molar refractivity (Wildman–Crippen MR) is 81.2 cm³/mol. The van der Waals surface area contributed by atoms with Crippen LogP contribution in [0, 0.1) is 0 Å². The predicted octanol–water partition coefficient (Wildman–Crippen LogP) is 3.48. The molecule has 0 fully saturated rings. The first-order valence-electron chi connectivity index (χ1n) is 6.44. The molecule has 2 aromatic rings. The van der Waals surface area contributed by atoms with Crippen molar-refractivity contribution in [1.29, 1.82) is 0 Å². The fourth-order valence-corrected chi connectivity index (χ4v) is 2.77. The molecule has 0 amide bonds. The first kappa shape index (κ1) is 14.5. The molecule has 2 rings (SSSR count). The highest BCUT2D eigenvalue weighted by Gasteiger charge is 2.13. The quantitative estimate of drug-likeness (QED) is 0.465. The second kappa shape index (κ2) is 6.03. The van der Waals surface area contributed by atoms with Crippen molar-refractivity contribution >= 4 is 30.6 Å². The van der Waals surface area contributed by atoms with Crippen LogP contribution in [0.3, 0.4) is 0 Å². The lowest BCUT2D eigenvalue weighted by Crippen LogP contribution is -2.22. The van der Waals surface area contributed by atoms with Crippen LogP contribution in [0.1, 0.15) is 5.69 Å². The van der Waals surface area contributed by atoms with E-state index in [1.165, 1.54) is 0 Å². The number of alkyl halides is 1. The van der Waals surface area contributed by atoms with Gasteiger partial charge in [0.05, 0.1) is 17.1 Å². The van der Waals surface area contributed by atoms with Crippen molar-refractivity contribution < 1.29 is 4.74 Å². The molecule has 0 N–H and O–H groups in total. The maximum atomic E-state index is 5.90. The summed E-state index contributed by atoms with van der Waals surface area (Å²) in [5.74, 6) is 0.393. The van der Waals surface area contributed by atoms with E-state index < -0.39 is 8.07 Å². The maximum Gasteiger partial charge on any atom is 0.140 e. The van der Waals surface area contributed by atoms with Gasteiger partial charge in [-0.05, 0) is 12.1 Å². The summed E-state index contributed by atoms with van der Waals surface area (Å²) in [5.41, 5.74) is 1.89. The Morgan fingerprint density at radius 1 is 1.37 bits per heavy atom. The Morgan fingerprint density at radius 2 is 2.16 bits per heavy atom. The Kier molecular flexibility index (Phi) is 4.60. The summed E-state index contributed by atoms with van der Waals surface area (Å²) >= 11 is 5.90. The number of rotatable bonds is 6. The fourth-order valence-electron chi connectivity index (χ4n) is 1.81. The molecule has 6 heteroatoms. The van der Waals surface area contributed by atoms with Crippen LogP contribution in [0.2, 0.25) is 25.7 Å². The first-order chi connectivity index (χ1) is 9.01. The van der Waals surface area contributed by atoms with Gasteiger partial charge in [0.1, 0.15) is 6.73 Å². The zero-order valence-electron chi connectivity index (χ0n) is 11.7. The molecular formula is C13H20ClN3OSi. The van der Waals surface area contributed by atoms with Gasteiger partial charge in [-0.1, -0.05) is 19.6 Å². The van der Waals surface area contributed by atoms with E-state index >= 15 is 0 Å². The summed E-state index contributed by atoms with van der Waals surface area (Å²) in [5, 5.41) is 5.48. The highest BCUT2D eigenvalue weighted by Crippen LogP contribution is 2.19. The minimum Gasteiger partial charge on any atom is -0.360 e. The molecule has 0 aromatic carbocycles. The summed E-state index contributed by atoms with van der Waals surface area (Å²) in [6, 6.07) is 3.11. The molecule has 2 aromatic heterocycles. The average Bonchev–Trinajstić information content (AvgIpc) is 2.72. The van der Waals surface area contributed by atoms with E-state index in [2.05, 4.69) is 29.7 Å². The first-order valence-corrected chi connectivity index (χ1v) is 10.7. The monoisotopic (exact) mass is 297 g/mol. The smallest absolute Gasteiger partial charge is 0.140 e. The number of hydrogen-bond donors (Lipinski definition) is 0. The van der Waals surface area contributed by atoms with Gasteiger partial charge < -0.3 is 4.74 Å². The van der Waals surface area contributed by atoms with Crippen LogP contribution >= 0.6 is 11.6 Å². The Bertz CT molecular complexity index is 550. The van der Waals surface area contributed by atoms with Crippen molar-refractivity contribution in [3.05, 3.63) is 24.2 Å². The van der Waals surface area contributed by atoms with Crippen molar-refractivity contribution in [3.63, 3.8) is 0 Å². The SMILES string of the molecule is C[Si](C)(C)CCOCn1nc(CCl)c2cnccc21. The lowest BCUT2D eigenvalue weighted by molar-refractivity contribution is 0.0814. The summed E-state index contributed by atoms with van der Waals surface area (Å²) in [4.78, 5) is 4.12. The number of pyridine rings is 1. The van der Waals surface area contributed by atoms with E-state index in [0.717, 1.165) is 29.2 Å². The normalized spacial score (nSPS) is 12.2. The minimum absolute atomic E-state index is 0.393. The van der Waals surface area contributed by atoms with E-state index in [0.29, 0.717) is 12.6 Å². The molecule has 0 radical (unpaired) electrons. The molecule has 4 nitrogen and oxygen atoms in total. The van der Waals surface area contributed by atoms with E-state index in [9.17, 15) is 0 Å². The molecule has 0 aliphatic carbocycles. The third-order valence-corrected chi connectivity index (χ3v) is 4.92. The van der Waals surface area contributed by atoms with Gasteiger partial charge in [-0.3, -0.25) is 4.98 Å². The van der Waals surface area contributed by atoms with Crippen molar-refractivity contribution in [2.24, 2.45) is 0 Å². The zero-order valence-corrected chi connectivity index (χ0v) is 13.4. The largest absolute Gasteiger partial charge is 0.360 e. The number of ether oxygens (including phenoxy) is 1. The summed E-state index contributed by atoms with van der Waals surface area (Å²) in [6.45, 7) is 8.30. The number of aromatic nitrogens is 3.